The first kappa shape index (κ1) is 19.2. The van der Waals surface area contributed by atoms with Gasteiger partial charge in [0.2, 0.25) is 11.7 Å². The number of aryl methyl sites for hydroxylation is 1. The fourth-order valence-corrected chi connectivity index (χ4v) is 3.44. The van der Waals surface area contributed by atoms with E-state index in [1.165, 1.54) is 0 Å². The minimum Gasteiger partial charge on any atom is -0.485 e. The normalized spacial score (nSPS) is 19.0. The lowest BCUT2D eigenvalue weighted by Gasteiger charge is -2.18. The molecule has 8 heteroatoms. The Morgan fingerprint density at radius 3 is 2.44 bits per heavy atom. The maximum atomic E-state index is 12.1. The zero-order valence-electron chi connectivity index (χ0n) is 14.7. The monoisotopic (exact) mass is 380 g/mol. The van der Waals surface area contributed by atoms with Crippen molar-refractivity contribution in [2.45, 2.75) is 24.4 Å². The van der Waals surface area contributed by atoms with Crippen LogP contribution in [0.3, 0.4) is 0 Å². The van der Waals surface area contributed by atoms with Crippen LogP contribution in [-0.2, 0) is 17.6 Å². The molecule has 2 radical (unpaired) electrons. The molecule has 2 heterocycles. The van der Waals surface area contributed by atoms with Gasteiger partial charge in [0.15, 0.2) is 6.61 Å². The van der Waals surface area contributed by atoms with E-state index in [9.17, 15) is 14.4 Å². The van der Waals surface area contributed by atoms with Crippen LogP contribution < -0.4 is 10.1 Å². The van der Waals surface area contributed by atoms with Gasteiger partial charge in [0.25, 0.3) is 5.24 Å². The molecule has 0 saturated carbocycles. The number of ketones is 1. The van der Waals surface area contributed by atoms with Crippen LogP contribution >= 0.6 is 11.8 Å². The first-order chi connectivity index (χ1) is 12.9. The molecule has 0 unspecified atom stereocenters. The summed E-state index contributed by atoms with van der Waals surface area (Å²) in [7, 11) is 5.99. The molecule has 1 aliphatic heterocycles. The highest BCUT2D eigenvalue weighted by molar-refractivity contribution is 8.17. The summed E-state index contributed by atoms with van der Waals surface area (Å²) in [6.45, 7) is 1.90. The topological polar surface area (TPSA) is 85.4 Å². The van der Waals surface area contributed by atoms with Crippen molar-refractivity contribution < 1.29 is 19.1 Å². The van der Waals surface area contributed by atoms with Crippen molar-refractivity contribution in [1.82, 2.24) is 10.3 Å². The number of nitrogens with zero attached hydrogens (tertiary/aromatic N) is 1. The van der Waals surface area contributed by atoms with E-state index >= 15 is 0 Å². The van der Waals surface area contributed by atoms with Gasteiger partial charge >= 0.3 is 0 Å². The molecule has 6 nitrogen and oxygen atoms in total. The van der Waals surface area contributed by atoms with Gasteiger partial charge < -0.3 is 4.74 Å². The highest BCUT2D eigenvalue weighted by Crippen LogP contribution is 2.32. The van der Waals surface area contributed by atoms with E-state index in [4.69, 9.17) is 12.6 Å². The number of pyridine rings is 1. The molecule has 1 fully saturated rings. The Morgan fingerprint density at radius 1 is 1.19 bits per heavy atom. The Morgan fingerprint density at radius 2 is 1.89 bits per heavy atom. The van der Waals surface area contributed by atoms with E-state index in [0.717, 1.165) is 29.3 Å². The van der Waals surface area contributed by atoms with Gasteiger partial charge in [-0.05, 0) is 42.2 Å². The lowest BCUT2D eigenvalue weighted by Crippen LogP contribution is -2.38. The molecule has 1 saturated heterocycles. The van der Waals surface area contributed by atoms with Crippen LogP contribution in [0.2, 0.25) is 0 Å². The maximum Gasteiger partial charge on any atom is 0.285 e. The molecule has 27 heavy (non-hydrogen) atoms. The van der Waals surface area contributed by atoms with Gasteiger partial charge in [-0.25, -0.2) is 0 Å². The molecule has 2 aromatic rings. The Balaban J connectivity index is 1.56. The Bertz CT molecular complexity index is 870. The second-order valence-electron chi connectivity index (χ2n) is 6.17. The summed E-state index contributed by atoms with van der Waals surface area (Å²) < 4.78 is 4.21. The van der Waals surface area contributed by atoms with Gasteiger partial charge in [-0.2, -0.15) is 0 Å². The number of amides is 2. The van der Waals surface area contributed by atoms with Crippen LogP contribution in [-0.4, -0.2) is 41.0 Å². The van der Waals surface area contributed by atoms with Gasteiger partial charge in [-0.15, -0.1) is 0 Å². The summed E-state index contributed by atoms with van der Waals surface area (Å²) in [5.41, 5.74) is 2.21. The number of Topliss-reactive ketones (excluding diaryl/α,β-unsaturated/α-hetero) is 1. The molecule has 136 valence electrons. The fourth-order valence-electron chi connectivity index (χ4n) is 2.58. The summed E-state index contributed by atoms with van der Waals surface area (Å²) in [5, 5.41) is 1.74. The van der Waals surface area contributed by atoms with Gasteiger partial charge in [-0.1, -0.05) is 36.9 Å². The van der Waals surface area contributed by atoms with Crippen molar-refractivity contribution >= 4 is 36.5 Å². The zero-order valence-corrected chi connectivity index (χ0v) is 15.5. The third-order valence-electron chi connectivity index (χ3n) is 4.15. The number of rotatable bonds is 7. The van der Waals surface area contributed by atoms with Crippen LogP contribution in [0.1, 0.15) is 28.5 Å². The van der Waals surface area contributed by atoms with Crippen molar-refractivity contribution in [3.8, 4) is 5.75 Å². The maximum absolute atomic E-state index is 12.1. The molecule has 1 aliphatic rings. The molecule has 1 aromatic heterocycles. The van der Waals surface area contributed by atoms with Gasteiger partial charge in [0.1, 0.15) is 19.3 Å². The third-order valence-corrected chi connectivity index (χ3v) is 5.13. The molecular formula is C19H17BN2O4S. The van der Waals surface area contributed by atoms with E-state index in [1.54, 1.807) is 36.5 Å². The second kappa shape index (κ2) is 7.96. The molecule has 1 aromatic carbocycles. The largest absolute Gasteiger partial charge is 0.485 e. The van der Waals surface area contributed by atoms with Gasteiger partial charge in [-0.3, -0.25) is 24.7 Å². The lowest BCUT2D eigenvalue weighted by atomic mass is 9.80. The van der Waals surface area contributed by atoms with Crippen molar-refractivity contribution in [2.24, 2.45) is 0 Å². The number of aromatic nitrogens is 1. The Hall–Kier alpha value is -2.61. The first-order valence-electron chi connectivity index (χ1n) is 8.43. The number of carbonyl (C=O) groups excluding carboxylic acids is 3. The van der Waals surface area contributed by atoms with Gasteiger partial charge in [0.05, 0.1) is 4.65 Å². The lowest BCUT2D eigenvalue weighted by molar-refractivity contribution is -0.119. The number of hydrogen-bond acceptors (Lipinski definition) is 6. The molecule has 0 bridgehead atoms. The van der Waals surface area contributed by atoms with E-state index in [0.29, 0.717) is 11.4 Å². The highest BCUT2D eigenvalue weighted by Gasteiger charge is 2.42. The highest BCUT2D eigenvalue weighted by atomic mass is 32.2. The number of hydrogen-bond donors (Lipinski definition) is 1. The summed E-state index contributed by atoms with van der Waals surface area (Å²) in [4.78, 5) is 39.4. The van der Waals surface area contributed by atoms with Crippen LogP contribution in [0.5, 0.6) is 5.75 Å². The summed E-state index contributed by atoms with van der Waals surface area (Å²) in [5.74, 6) is -0.187. The average Bonchev–Trinajstić information content (AvgIpc) is 2.92. The number of thioether (sulfide) groups is 1. The predicted octanol–water partition coefficient (Wildman–Crippen LogP) is 2.30. The third kappa shape index (κ3) is 4.57. The SMILES string of the molecule is [B][C@]1(Cc2ccc(OCC(=O)c3ccc(CC)cn3)cc2)SC(=O)NC1=O. The average molecular weight is 380 g/mol. The molecule has 1 atom stereocenters. The number of ether oxygens (including phenoxy) is 1. The fraction of sp³-hybridized carbons (Fsp3) is 0.263. The summed E-state index contributed by atoms with van der Waals surface area (Å²) >= 11 is 0.785. The molecular weight excluding hydrogens is 363 g/mol. The summed E-state index contributed by atoms with van der Waals surface area (Å²) in [6, 6.07) is 10.5. The van der Waals surface area contributed by atoms with Crippen molar-refractivity contribution in [2.75, 3.05) is 6.61 Å². The number of benzene rings is 1. The van der Waals surface area contributed by atoms with E-state index < -0.39 is 15.8 Å². The standard InChI is InChI=1S/C19H17BN2O4S/c1-2-12-5-8-15(21-10-12)16(23)11-26-14-6-3-13(4-7-14)9-19(20)17(24)22-18(25)27-19/h3-8,10H,2,9,11H2,1H3,(H,22,24,25)/t19-/m1/s1. The summed E-state index contributed by atoms with van der Waals surface area (Å²) in [6.07, 6.45) is 2.76. The zero-order chi connectivity index (χ0) is 19.4. The molecule has 0 aliphatic carbocycles. The smallest absolute Gasteiger partial charge is 0.285 e. The molecule has 1 N–H and O–H groups in total. The minimum atomic E-state index is -1.30. The van der Waals surface area contributed by atoms with Crippen molar-refractivity contribution in [1.29, 1.82) is 0 Å². The molecule has 0 spiro atoms. The van der Waals surface area contributed by atoms with Crippen molar-refractivity contribution in [3.63, 3.8) is 0 Å². The first-order valence-corrected chi connectivity index (χ1v) is 9.24. The van der Waals surface area contributed by atoms with E-state index in [1.807, 2.05) is 13.0 Å². The molecule has 2 amide bonds. The minimum absolute atomic E-state index is 0.120. The quantitative estimate of drug-likeness (QED) is 0.586. The van der Waals surface area contributed by atoms with Crippen LogP contribution in [0.4, 0.5) is 4.79 Å². The number of carbonyl (C=O) groups is 3. The van der Waals surface area contributed by atoms with Crippen LogP contribution in [0, 0.1) is 0 Å². The molecule has 3 rings (SSSR count). The predicted molar refractivity (Wildman–Crippen MR) is 103 cm³/mol. The number of nitrogens with one attached hydrogen (secondary N) is 1. The Kier molecular flexibility index (Phi) is 5.65. The number of imide groups is 1. The van der Waals surface area contributed by atoms with Crippen molar-refractivity contribution in [3.05, 3.63) is 59.4 Å². The van der Waals surface area contributed by atoms with Crippen LogP contribution in [0.15, 0.2) is 42.6 Å². The second-order valence-corrected chi connectivity index (χ2v) is 7.47. The van der Waals surface area contributed by atoms with E-state index in [2.05, 4.69) is 10.3 Å². The van der Waals surface area contributed by atoms with Gasteiger partial charge in [0, 0.05) is 6.20 Å². The van der Waals surface area contributed by atoms with Crippen LogP contribution in [0.25, 0.3) is 0 Å². The Labute approximate surface area is 162 Å². The van der Waals surface area contributed by atoms with E-state index in [-0.39, 0.29) is 18.8 Å².